The largest absolute Gasteiger partial charge is 0.284 e. The molecule has 8 heteroatoms. The Kier molecular flexibility index (Phi) is 4.23. The van der Waals surface area contributed by atoms with Crippen LogP contribution in [0.1, 0.15) is 31.2 Å². The van der Waals surface area contributed by atoms with Crippen LogP contribution in [0.15, 0.2) is 53.4 Å². The summed E-state index contributed by atoms with van der Waals surface area (Å²) >= 11 is 0. The molecule has 0 aromatic heterocycles. The van der Waals surface area contributed by atoms with E-state index in [2.05, 4.69) is 10.8 Å². The highest BCUT2D eigenvalue weighted by Crippen LogP contribution is 2.51. The molecule has 1 spiro atoms. The van der Waals surface area contributed by atoms with Crippen molar-refractivity contribution in [2.45, 2.75) is 36.0 Å². The van der Waals surface area contributed by atoms with Gasteiger partial charge in [-0.1, -0.05) is 31.0 Å². The van der Waals surface area contributed by atoms with Crippen molar-refractivity contribution in [1.29, 1.82) is 0 Å². The number of benzene rings is 2. The Balaban J connectivity index is 1.70. The van der Waals surface area contributed by atoms with Gasteiger partial charge in [-0.15, -0.1) is 0 Å². The van der Waals surface area contributed by atoms with Crippen LogP contribution in [0.4, 0.5) is 11.4 Å². The van der Waals surface area contributed by atoms with Crippen LogP contribution in [-0.2, 0) is 25.5 Å². The molecule has 1 N–H and O–H groups in total. The lowest BCUT2D eigenvalue weighted by Gasteiger charge is -2.25. The zero-order valence-electron chi connectivity index (χ0n) is 15.1. The van der Waals surface area contributed by atoms with Crippen LogP contribution in [0.5, 0.6) is 0 Å². The number of hydrogen-bond acceptors (Lipinski definition) is 4. The van der Waals surface area contributed by atoms with E-state index in [4.69, 9.17) is 0 Å². The summed E-state index contributed by atoms with van der Waals surface area (Å²) < 4.78 is 53.2. The van der Waals surface area contributed by atoms with Crippen LogP contribution in [0.25, 0.3) is 0 Å². The van der Waals surface area contributed by atoms with E-state index in [1.54, 1.807) is 0 Å². The number of nitrogens with zero attached hydrogens (tertiary/aromatic N) is 1. The van der Waals surface area contributed by atoms with Crippen LogP contribution in [0.3, 0.4) is 0 Å². The summed E-state index contributed by atoms with van der Waals surface area (Å²) in [5.41, 5.74) is 2.14. The SMILES string of the molecule is CS(=O)(=O)Nc1ccc(S(=O)(=O)N2CC3(CCCC3)c3ccccc32)cc1. The lowest BCUT2D eigenvalue weighted by atomic mass is 9.81. The molecular weight excluding hydrogens is 384 g/mol. The molecular formula is C19H22N2O4S2. The molecule has 1 aliphatic heterocycles. The molecule has 6 nitrogen and oxygen atoms in total. The maximum Gasteiger partial charge on any atom is 0.264 e. The van der Waals surface area contributed by atoms with E-state index < -0.39 is 20.0 Å². The third kappa shape index (κ3) is 3.21. The molecule has 1 fully saturated rings. The molecule has 2 aliphatic rings. The lowest BCUT2D eigenvalue weighted by Crippen LogP contribution is -2.35. The summed E-state index contributed by atoms with van der Waals surface area (Å²) in [7, 11) is -7.13. The maximum absolute atomic E-state index is 13.3. The molecule has 0 amide bonds. The highest BCUT2D eigenvalue weighted by atomic mass is 32.2. The van der Waals surface area contributed by atoms with Crippen LogP contribution in [-0.4, -0.2) is 29.6 Å². The van der Waals surface area contributed by atoms with E-state index in [0.717, 1.165) is 43.2 Å². The first-order valence-electron chi connectivity index (χ1n) is 8.91. The standard InChI is InChI=1S/C19H22N2O4S2/c1-26(22,23)20-15-8-10-16(11-9-15)27(24,25)21-14-19(12-4-5-13-19)17-6-2-3-7-18(17)21/h2-3,6-11,20H,4-5,12-14H2,1H3. The summed E-state index contributed by atoms with van der Waals surface area (Å²) in [4.78, 5) is 0.159. The van der Waals surface area contributed by atoms with Crippen LogP contribution in [0, 0.1) is 0 Å². The first-order valence-corrected chi connectivity index (χ1v) is 12.2. The Labute approximate surface area is 160 Å². The third-order valence-corrected chi connectivity index (χ3v) is 7.88. The van der Waals surface area contributed by atoms with Crippen molar-refractivity contribution in [3.63, 3.8) is 0 Å². The fourth-order valence-corrected chi connectivity index (χ4v) is 6.45. The average Bonchev–Trinajstić information content (AvgIpc) is 3.21. The highest BCUT2D eigenvalue weighted by molar-refractivity contribution is 7.93. The zero-order valence-corrected chi connectivity index (χ0v) is 16.7. The van der Waals surface area contributed by atoms with Gasteiger partial charge in [-0.2, -0.15) is 0 Å². The molecule has 144 valence electrons. The van der Waals surface area contributed by atoms with Crippen molar-refractivity contribution >= 4 is 31.4 Å². The van der Waals surface area contributed by atoms with Gasteiger partial charge in [0.1, 0.15) is 0 Å². The quantitative estimate of drug-likeness (QED) is 0.846. The van der Waals surface area contributed by atoms with Crippen molar-refractivity contribution in [2.24, 2.45) is 0 Å². The minimum Gasteiger partial charge on any atom is -0.284 e. The second-order valence-corrected chi connectivity index (χ2v) is 11.0. The van der Waals surface area contributed by atoms with Gasteiger partial charge in [-0.05, 0) is 48.7 Å². The Morgan fingerprint density at radius 2 is 1.56 bits per heavy atom. The van der Waals surface area contributed by atoms with Gasteiger partial charge in [0.2, 0.25) is 10.0 Å². The summed E-state index contributed by atoms with van der Waals surface area (Å²) in [5.74, 6) is 0. The third-order valence-electron chi connectivity index (χ3n) is 5.50. The van der Waals surface area contributed by atoms with E-state index in [-0.39, 0.29) is 10.3 Å². The van der Waals surface area contributed by atoms with Crippen molar-refractivity contribution < 1.29 is 16.8 Å². The smallest absolute Gasteiger partial charge is 0.264 e. The van der Waals surface area contributed by atoms with Gasteiger partial charge < -0.3 is 0 Å². The lowest BCUT2D eigenvalue weighted by molar-refractivity contribution is 0.477. The summed E-state index contributed by atoms with van der Waals surface area (Å²) in [6.45, 7) is 0.470. The van der Waals surface area contributed by atoms with E-state index in [1.165, 1.54) is 28.6 Å². The Bertz CT molecular complexity index is 1070. The van der Waals surface area contributed by atoms with Crippen molar-refractivity contribution in [2.75, 3.05) is 21.8 Å². The number of fused-ring (bicyclic) bond motifs is 2. The molecule has 2 aromatic carbocycles. The molecule has 2 aromatic rings. The molecule has 1 saturated carbocycles. The van der Waals surface area contributed by atoms with Crippen molar-refractivity contribution in [3.05, 3.63) is 54.1 Å². The van der Waals surface area contributed by atoms with Gasteiger partial charge in [0.25, 0.3) is 10.0 Å². The Morgan fingerprint density at radius 1 is 0.926 bits per heavy atom. The molecule has 1 heterocycles. The molecule has 0 bridgehead atoms. The first kappa shape index (κ1) is 18.3. The van der Waals surface area contributed by atoms with Gasteiger partial charge >= 0.3 is 0 Å². The number of hydrogen-bond donors (Lipinski definition) is 1. The summed E-state index contributed by atoms with van der Waals surface area (Å²) in [6, 6.07) is 13.6. The topological polar surface area (TPSA) is 83.5 Å². The number of nitrogens with one attached hydrogen (secondary N) is 1. The van der Waals surface area contributed by atoms with E-state index >= 15 is 0 Å². The summed E-state index contributed by atoms with van der Waals surface area (Å²) in [6.07, 6.45) is 5.31. The van der Waals surface area contributed by atoms with Crippen LogP contribution >= 0.6 is 0 Å². The minimum absolute atomic E-state index is 0.0819. The fraction of sp³-hybridized carbons (Fsp3) is 0.368. The van der Waals surface area contributed by atoms with Crippen molar-refractivity contribution in [1.82, 2.24) is 0 Å². The van der Waals surface area contributed by atoms with Crippen molar-refractivity contribution in [3.8, 4) is 0 Å². The normalized spacial score (nSPS) is 18.6. The zero-order chi connectivity index (χ0) is 19.3. The van der Waals surface area contributed by atoms with E-state index in [0.29, 0.717) is 12.2 Å². The molecule has 0 radical (unpaired) electrons. The second-order valence-electron chi connectivity index (χ2n) is 7.41. The first-order chi connectivity index (χ1) is 12.7. The minimum atomic E-state index is -3.72. The fourth-order valence-electron chi connectivity index (χ4n) is 4.31. The Hall–Kier alpha value is -2.06. The monoisotopic (exact) mass is 406 g/mol. The molecule has 0 atom stereocenters. The van der Waals surface area contributed by atoms with Gasteiger partial charge in [0.15, 0.2) is 0 Å². The van der Waals surface area contributed by atoms with E-state index in [1.807, 2.05) is 18.2 Å². The predicted octanol–water partition coefficient (Wildman–Crippen LogP) is 3.08. The van der Waals surface area contributed by atoms with Gasteiger partial charge in [0, 0.05) is 17.6 Å². The molecule has 1 aliphatic carbocycles. The molecule has 0 unspecified atom stereocenters. The van der Waals surface area contributed by atoms with Gasteiger partial charge in [-0.25, -0.2) is 16.8 Å². The molecule has 0 saturated heterocycles. The van der Waals surface area contributed by atoms with Gasteiger partial charge in [-0.3, -0.25) is 9.03 Å². The Morgan fingerprint density at radius 3 is 2.19 bits per heavy atom. The van der Waals surface area contributed by atoms with Crippen LogP contribution < -0.4 is 9.03 Å². The maximum atomic E-state index is 13.3. The average molecular weight is 407 g/mol. The summed E-state index contributed by atoms with van der Waals surface area (Å²) in [5, 5.41) is 0. The van der Waals surface area contributed by atoms with E-state index in [9.17, 15) is 16.8 Å². The molecule has 27 heavy (non-hydrogen) atoms. The second kappa shape index (κ2) is 6.24. The van der Waals surface area contributed by atoms with Gasteiger partial charge in [0.05, 0.1) is 16.8 Å². The highest BCUT2D eigenvalue weighted by Gasteiger charge is 2.47. The number of rotatable bonds is 4. The molecule has 4 rings (SSSR count). The number of anilines is 2. The van der Waals surface area contributed by atoms with Crippen LogP contribution in [0.2, 0.25) is 0 Å². The predicted molar refractivity (Wildman–Crippen MR) is 106 cm³/mol. The number of sulfonamides is 2. The number of para-hydroxylation sites is 1.